The van der Waals surface area contributed by atoms with Crippen LogP contribution in [0.5, 0.6) is 5.75 Å². The zero-order valence-electron chi connectivity index (χ0n) is 14.3. The summed E-state index contributed by atoms with van der Waals surface area (Å²) in [6, 6.07) is 22.7. The van der Waals surface area contributed by atoms with Gasteiger partial charge in [0.05, 0.1) is 10.6 Å². The van der Waals surface area contributed by atoms with Gasteiger partial charge in [-0.1, -0.05) is 48.0 Å². The number of rotatable bonds is 6. The summed E-state index contributed by atoms with van der Waals surface area (Å²) in [6.07, 6.45) is 0. The third-order valence-electron chi connectivity index (χ3n) is 3.64. The molecule has 0 heterocycles. The van der Waals surface area contributed by atoms with E-state index in [4.69, 9.17) is 16.3 Å². The number of para-hydroxylation sites is 1. The molecular formula is C21H17ClN2O3. The van der Waals surface area contributed by atoms with Crippen molar-refractivity contribution in [2.24, 2.45) is 0 Å². The highest BCUT2D eigenvalue weighted by atomic mass is 35.5. The molecule has 5 nitrogen and oxygen atoms in total. The minimum Gasteiger partial charge on any atom is -0.484 e. The lowest BCUT2D eigenvalue weighted by molar-refractivity contribution is -0.118. The second kappa shape index (κ2) is 8.87. The molecule has 2 amide bonds. The van der Waals surface area contributed by atoms with Crippen molar-refractivity contribution in [3.05, 3.63) is 89.4 Å². The number of carbonyl (C=O) groups excluding carboxylic acids is 2. The Bertz CT molecular complexity index is 945. The second-order valence-electron chi connectivity index (χ2n) is 5.66. The highest BCUT2D eigenvalue weighted by Gasteiger charge is 2.10. The number of hydrogen-bond donors (Lipinski definition) is 2. The average Bonchev–Trinajstić information content (AvgIpc) is 2.68. The van der Waals surface area contributed by atoms with Crippen molar-refractivity contribution in [3.63, 3.8) is 0 Å². The molecule has 2 N–H and O–H groups in total. The fraction of sp³-hybridized carbons (Fsp3) is 0.0476. The largest absolute Gasteiger partial charge is 0.484 e. The lowest BCUT2D eigenvalue weighted by atomic mass is 10.2. The van der Waals surface area contributed by atoms with Crippen LogP contribution in [-0.4, -0.2) is 18.4 Å². The van der Waals surface area contributed by atoms with Gasteiger partial charge in [-0.3, -0.25) is 9.59 Å². The predicted octanol–water partition coefficient (Wildman–Crippen LogP) is 4.61. The summed E-state index contributed by atoms with van der Waals surface area (Å²) in [5.41, 5.74) is 1.63. The molecule has 3 aromatic carbocycles. The number of amides is 2. The first-order valence-corrected chi connectivity index (χ1v) is 8.63. The maximum absolute atomic E-state index is 12.3. The molecule has 0 aliphatic rings. The molecule has 136 valence electrons. The zero-order chi connectivity index (χ0) is 19.1. The van der Waals surface area contributed by atoms with Crippen LogP contribution >= 0.6 is 11.6 Å². The fourth-order valence-corrected chi connectivity index (χ4v) is 2.60. The van der Waals surface area contributed by atoms with E-state index in [1.807, 2.05) is 18.2 Å². The van der Waals surface area contributed by atoms with Crippen LogP contribution in [0, 0.1) is 0 Å². The molecule has 0 unspecified atom stereocenters. The van der Waals surface area contributed by atoms with Crippen LogP contribution in [0.25, 0.3) is 0 Å². The van der Waals surface area contributed by atoms with E-state index in [0.29, 0.717) is 27.7 Å². The minimum atomic E-state index is -0.320. The van der Waals surface area contributed by atoms with E-state index in [1.165, 1.54) is 0 Å². The van der Waals surface area contributed by atoms with E-state index < -0.39 is 0 Å². The minimum absolute atomic E-state index is 0.142. The van der Waals surface area contributed by atoms with Gasteiger partial charge in [-0.15, -0.1) is 0 Å². The Balaban J connectivity index is 1.58. The van der Waals surface area contributed by atoms with E-state index in [-0.39, 0.29) is 18.4 Å². The molecule has 6 heteroatoms. The number of benzene rings is 3. The van der Waals surface area contributed by atoms with Crippen LogP contribution in [0.3, 0.4) is 0 Å². The first-order valence-electron chi connectivity index (χ1n) is 8.25. The Labute approximate surface area is 161 Å². The van der Waals surface area contributed by atoms with E-state index >= 15 is 0 Å². The SMILES string of the molecule is O=C(COc1cccc(NC(=O)c2ccccc2Cl)c1)Nc1ccccc1. The molecule has 27 heavy (non-hydrogen) atoms. The Morgan fingerprint density at radius 3 is 2.30 bits per heavy atom. The van der Waals surface area contributed by atoms with E-state index in [2.05, 4.69) is 10.6 Å². The molecule has 0 aromatic heterocycles. The normalized spacial score (nSPS) is 10.1. The maximum Gasteiger partial charge on any atom is 0.262 e. The van der Waals surface area contributed by atoms with Crippen molar-refractivity contribution in [1.29, 1.82) is 0 Å². The quantitative estimate of drug-likeness (QED) is 0.656. The third-order valence-corrected chi connectivity index (χ3v) is 3.97. The molecule has 0 atom stereocenters. The molecule has 0 aliphatic heterocycles. The van der Waals surface area contributed by atoms with Crippen LogP contribution in [0.2, 0.25) is 5.02 Å². The van der Waals surface area contributed by atoms with Gasteiger partial charge in [-0.2, -0.15) is 0 Å². The lowest BCUT2D eigenvalue weighted by Gasteiger charge is -2.10. The van der Waals surface area contributed by atoms with Crippen LogP contribution in [0.1, 0.15) is 10.4 Å². The number of hydrogen-bond acceptors (Lipinski definition) is 3. The molecule has 0 fully saturated rings. The fourth-order valence-electron chi connectivity index (χ4n) is 2.37. The summed E-state index contributed by atoms with van der Waals surface area (Å²) in [6.45, 7) is -0.142. The van der Waals surface area contributed by atoms with Gasteiger partial charge in [-0.05, 0) is 36.4 Å². The molecule has 0 bridgehead atoms. The van der Waals surface area contributed by atoms with E-state index in [1.54, 1.807) is 60.7 Å². The van der Waals surface area contributed by atoms with Gasteiger partial charge in [0.15, 0.2) is 6.61 Å². The third kappa shape index (κ3) is 5.33. The Morgan fingerprint density at radius 2 is 1.52 bits per heavy atom. The highest BCUT2D eigenvalue weighted by molar-refractivity contribution is 6.34. The van der Waals surface area contributed by atoms with Crippen LogP contribution in [0.15, 0.2) is 78.9 Å². The molecule has 3 aromatic rings. The number of anilines is 2. The molecule has 0 saturated carbocycles. The van der Waals surface area contributed by atoms with Crippen LogP contribution in [-0.2, 0) is 4.79 Å². The number of halogens is 1. The Kier molecular flexibility index (Phi) is 6.07. The van der Waals surface area contributed by atoms with Gasteiger partial charge in [0.2, 0.25) is 0 Å². The van der Waals surface area contributed by atoms with Crippen molar-refractivity contribution in [1.82, 2.24) is 0 Å². The maximum atomic E-state index is 12.3. The standard InChI is InChI=1S/C21H17ClN2O3/c22-19-12-5-4-11-18(19)21(26)24-16-9-6-10-17(13-16)27-14-20(25)23-15-7-2-1-3-8-15/h1-13H,14H2,(H,23,25)(H,24,26). The van der Waals surface area contributed by atoms with E-state index in [9.17, 15) is 9.59 Å². The summed E-state index contributed by atoms with van der Waals surface area (Å²) in [5.74, 6) is -0.124. The monoisotopic (exact) mass is 380 g/mol. The average molecular weight is 381 g/mol. The summed E-state index contributed by atoms with van der Waals surface area (Å²) in [7, 11) is 0. The second-order valence-corrected chi connectivity index (χ2v) is 6.07. The zero-order valence-corrected chi connectivity index (χ0v) is 15.1. The number of carbonyl (C=O) groups is 2. The Hall–Kier alpha value is -3.31. The van der Waals surface area contributed by atoms with Crippen molar-refractivity contribution in [2.45, 2.75) is 0 Å². The van der Waals surface area contributed by atoms with Crippen LogP contribution < -0.4 is 15.4 Å². The topological polar surface area (TPSA) is 67.4 Å². The molecular weight excluding hydrogens is 364 g/mol. The smallest absolute Gasteiger partial charge is 0.262 e. The first-order chi connectivity index (χ1) is 13.1. The van der Waals surface area contributed by atoms with Crippen molar-refractivity contribution in [2.75, 3.05) is 17.2 Å². The molecule has 0 saturated heterocycles. The summed E-state index contributed by atoms with van der Waals surface area (Å²) >= 11 is 6.04. The summed E-state index contributed by atoms with van der Waals surface area (Å²) < 4.78 is 5.50. The molecule has 0 aliphatic carbocycles. The van der Waals surface area contributed by atoms with Crippen molar-refractivity contribution >= 4 is 34.8 Å². The lowest BCUT2D eigenvalue weighted by Crippen LogP contribution is -2.20. The van der Waals surface area contributed by atoms with Crippen molar-refractivity contribution in [3.8, 4) is 5.75 Å². The van der Waals surface area contributed by atoms with Gasteiger partial charge in [0.1, 0.15) is 5.75 Å². The van der Waals surface area contributed by atoms with Gasteiger partial charge >= 0.3 is 0 Å². The van der Waals surface area contributed by atoms with Crippen LogP contribution in [0.4, 0.5) is 11.4 Å². The molecule has 3 rings (SSSR count). The molecule has 0 spiro atoms. The first kappa shape index (κ1) is 18.5. The number of ether oxygens (including phenoxy) is 1. The van der Waals surface area contributed by atoms with Crippen molar-refractivity contribution < 1.29 is 14.3 Å². The molecule has 0 radical (unpaired) electrons. The van der Waals surface area contributed by atoms with E-state index in [0.717, 1.165) is 0 Å². The van der Waals surface area contributed by atoms with Gasteiger partial charge in [0.25, 0.3) is 11.8 Å². The van der Waals surface area contributed by atoms with Gasteiger partial charge in [-0.25, -0.2) is 0 Å². The summed E-state index contributed by atoms with van der Waals surface area (Å²) in [5, 5.41) is 5.88. The number of nitrogens with one attached hydrogen (secondary N) is 2. The highest BCUT2D eigenvalue weighted by Crippen LogP contribution is 2.20. The summed E-state index contributed by atoms with van der Waals surface area (Å²) in [4.78, 5) is 24.3. The van der Waals surface area contributed by atoms with Gasteiger partial charge in [0, 0.05) is 17.4 Å². The van der Waals surface area contributed by atoms with Gasteiger partial charge < -0.3 is 15.4 Å². The Morgan fingerprint density at radius 1 is 0.815 bits per heavy atom. The predicted molar refractivity (Wildman–Crippen MR) is 106 cm³/mol.